The van der Waals surface area contributed by atoms with E-state index >= 15 is 0 Å². The van der Waals surface area contributed by atoms with Crippen LogP contribution in [-0.2, 0) is 4.79 Å². The second kappa shape index (κ2) is 5.95. The monoisotopic (exact) mass is 263 g/mol. The van der Waals surface area contributed by atoms with Crippen LogP contribution in [0.5, 0.6) is 11.5 Å². The smallest absolute Gasteiger partial charge is 0.265 e. The van der Waals surface area contributed by atoms with E-state index < -0.39 is 6.10 Å². The molecule has 1 N–H and O–H groups in total. The van der Waals surface area contributed by atoms with Crippen LogP contribution in [0.2, 0.25) is 0 Å². The fraction of sp³-hybridized carbons (Fsp3) is 0.533. The van der Waals surface area contributed by atoms with Gasteiger partial charge < -0.3 is 14.8 Å². The number of hydrogen-bond donors (Lipinski definition) is 1. The maximum absolute atomic E-state index is 12.1. The van der Waals surface area contributed by atoms with E-state index in [1.165, 1.54) is 0 Å². The summed E-state index contributed by atoms with van der Waals surface area (Å²) in [6.45, 7) is 6.78. The molecule has 0 aromatic heterocycles. The third-order valence-electron chi connectivity index (χ3n) is 3.12. The molecular weight excluding hydrogens is 242 g/mol. The van der Waals surface area contributed by atoms with E-state index in [1.54, 1.807) is 0 Å². The van der Waals surface area contributed by atoms with Crippen molar-refractivity contribution in [3.05, 3.63) is 24.3 Å². The summed E-state index contributed by atoms with van der Waals surface area (Å²) < 4.78 is 11.4. The van der Waals surface area contributed by atoms with Crippen molar-refractivity contribution in [2.24, 2.45) is 5.92 Å². The zero-order valence-corrected chi connectivity index (χ0v) is 11.7. The van der Waals surface area contributed by atoms with E-state index in [-0.39, 0.29) is 12.0 Å². The van der Waals surface area contributed by atoms with Gasteiger partial charge >= 0.3 is 0 Å². The lowest BCUT2D eigenvalue weighted by Gasteiger charge is -2.31. The van der Waals surface area contributed by atoms with Crippen LogP contribution in [0.15, 0.2) is 24.3 Å². The fourth-order valence-electron chi connectivity index (χ4n) is 1.99. The van der Waals surface area contributed by atoms with Crippen LogP contribution in [-0.4, -0.2) is 24.7 Å². The molecule has 104 valence electrons. The van der Waals surface area contributed by atoms with Gasteiger partial charge in [-0.2, -0.15) is 0 Å². The van der Waals surface area contributed by atoms with E-state index in [9.17, 15) is 4.79 Å². The van der Waals surface area contributed by atoms with E-state index in [4.69, 9.17) is 9.47 Å². The van der Waals surface area contributed by atoms with Crippen LogP contribution < -0.4 is 14.8 Å². The molecule has 0 bridgehead atoms. The molecule has 1 aliphatic heterocycles. The van der Waals surface area contributed by atoms with E-state index in [2.05, 4.69) is 19.2 Å². The Hall–Kier alpha value is -1.71. The fourth-order valence-corrected chi connectivity index (χ4v) is 1.99. The van der Waals surface area contributed by atoms with Crippen LogP contribution in [0.25, 0.3) is 0 Å². The van der Waals surface area contributed by atoms with Crippen molar-refractivity contribution in [3.63, 3.8) is 0 Å². The predicted octanol–water partition coefficient (Wildman–Crippen LogP) is 2.38. The molecule has 19 heavy (non-hydrogen) atoms. The van der Waals surface area contributed by atoms with Crippen LogP contribution in [0, 0.1) is 5.92 Å². The summed E-state index contributed by atoms with van der Waals surface area (Å²) in [5, 5.41) is 2.90. The van der Waals surface area contributed by atoms with Crippen LogP contribution in [0.3, 0.4) is 0 Å². The van der Waals surface area contributed by atoms with Crippen molar-refractivity contribution in [1.29, 1.82) is 0 Å². The molecule has 2 atom stereocenters. The lowest BCUT2D eigenvalue weighted by atomic mass is 10.1. The van der Waals surface area contributed by atoms with Gasteiger partial charge in [0, 0.05) is 6.54 Å². The third kappa shape index (κ3) is 3.40. The number of amides is 1. The number of benzene rings is 1. The van der Waals surface area contributed by atoms with Gasteiger partial charge in [-0.3, -0.25) is 4.79 Å². The lowest BCUT2D eigenvalue weighted by molar-refractivity contribution is -0.133. The molecule has 0 spiro atoms. The molecule has 0 fully saturated rings. The van der Waals surface area contributed by atoms with Gasteiger partial charge in [-0.15, -0.1) is 0 Å². The topological polar surface area (TPSA) is 47.6 Å². The zero-order chi connectivity index (χ0) is 13.8. The molecule has 1 aromatic carbocycles. The minimum absolute atomic E-state index is 0.109. The molecule has 0 saturated carbocycles. The lowest BCUT2D eigenvalue weighted by Crippen LogP contribution is -2.49. The number of rotatable bonds is 4. The number of ether oxygens (including phenoxy) is 2. The molecule has 1 aromatic rings. The molecule has 0 aliphatic carbocycles. The summed E-state index contributed by atoms with van der Waals surface area (Å²) in [5.74, 6) is 1.79. The highest BCUT2D eigenvalue weighted by Gasteiger charge is 2.33. The second-order valence-corrected chi connectivity index (χ2v) is 5.28. The van der Waals surface area contributed by atoms with Gasteiger partial charge in [0.25, 0.3) is 5.91 Å². The van der Waals surface area contributed by atoms with Crippen molar-refractivity contribution >= 4 is 5.91 Å². The van der Waals surface area contributed by atoms with Crippen molar-refractivity contribution < 1.29 is 14.3 Å². The molecule has 0 saturated heterocycles. The number of carbonyl (C=O) groups is 1. The maximum atomic E-state index is 12.1. The Morgan fingerprint density at radius 1 is 1.26 bits per heavy atom. The Morgan fingerprint density at radius 2 is 1.89 bits per heavy atom. The summed E-state index contributed by atoms with van der Waals surface area (Å²) in [4.78, 5) is 12.1. The summed E-state index contributed by atoms with van der Waals surface area (Å²) in [6.07, 6.45) is 0.0978. The maximum Gasteiger partial charge on any atom is 0.265 e. The van der Waals surface area contributed by atoms with Gasteiger partial charge in [-0.1, -0.05) is 26.0 Å². The van der Waals surface area contributed by atoms with Gasteiger partial charge in [0.15, 0.2) is 11.5 Å². The molecule has 2 rings (SSSR count). The quantitative estimate of drug-likeness (QED) is 0.907. The Balaban J connectivity index is 1.96. The normalized spacial score (nSPS) is 21.3. The first-order valence-electron chi connectivity index (χ1n) is 6.78. The molecule has 4 heteroatoms. The van der Waals surface area contributed by atoms with Gasteiger partial charge in [0.2, 0.25) is 6.10 Å². The minimum Gasteiger partial charge on any atom is -0.482 e. The highest BCUT2D eigenvalue weighted by molar-refractivity contribution is 5.82. The summed E-state index contributed by atoms with van der Waals surface area (Å²) >= 11 is 0. The number of carbonyl (C=O) groups excluding carboxylic acids is 1. The number of para-hydroxylation sites is 2. The first-order chi connectivity index (χ1) is 9.08. The largest absolute Gasteiger partial charge is 0.482 e. The van der Waals surface area contributed by atoms with Crippen molar-refractivity contribution in [3.8, 4) is 11.5 Å². The first-order valence-corrected chi connectivity index (χ1v) is 6.78. The van der Waals surface area contributed by atoms with Crippen molar-refractivity contribution in [1.82, 2.24) is 5.32 Å². The molecule has 2 unspecified atom stereocenters. The minimum atomic E-state index is -0.581. The zero-order valence-electron chi connectivity index (χ0n) is 11.7. The third-order valence-corrected chi connectivity index (χ3v) is 3.12. The Labute approximate surface area is 114 Å². The Morgan fingerprint density at radius 3 is 2.53 bits per heavy atom. The van der Waals surface area contributed by atoms with Gasteiger partial charge in [0.05, 0.1) is 0 Å². The molecule has 1 aliphatic rings. The number of nitrogens with one attached hydrogen (secondary N) is 1. The summed E-state index contributed by atoms with van der Waals surface area (Å²) in [5.41, 5.74) is 0. The molecule has 0 radical (unpaired) electrons. The molecular formula is C15H21NO3. The average Bonchev–Trinajstić information content (AvgIpc) is 2.37. The Bertz CT molecular complexity index is 445. The average molecular weight is 263 g/mol. The highest BCUT2D eigenvalue weighted by atomic mass is 16.6. The Kier molecular flexibility index (Phi) is 4.30. The van der Waals surface area contributed by atoms with E-state index in [1.807, 2.05) is 31.2 Å². The molecule has 1 amide bonds. The predicted molar refractivity (Wildman–Crippen MR) is 73.4 cm³/mol. The van der Waals surface area contributed by atoms with Crippen molar-refractivity contribution in [2.75, 3.05) is 6.54 Å². The van der Waals surface area contributed by atoms with Gasteiger partial charge in [-0.25, -0.2) is 0 Å². The summed E-state index contributed by atoms with van der Waals surface area (Å²) in [7, 11) is 0. The van der Waals surface area contributed by atoms with Crippen molar-refractivity contribution in [2.45, 2.75) is 39.4 Å². The standard InChI is InChI=1S/C15H21NO3/c1-10(2)8-9-16-15(17)14-11(3)18-12-6-4-5-7-13(12)19-14/h4-7,10-11,14H,8-9H2,1-3H3,(H,16,17). The molecule has 4 nitrogen and oxygen atoms in total. The first kappa shape index (κ1) is 13.7. The van der Waals surface area contributed by atoms with Crippen LogP contribution >= 0.6 is 0 Å². The summed E-state index contributed by atoms with van der Waals surface area (Å²) in [6, 6.07) is 7.41. The highest BCUT2D eigenvalue weighted by Crippen LogP contribution is 2.33. The molecule has 1 heterocycles. The SMILES string of the molecule is CC(C)CCNC(=O)C1Oc2ccccc2OC1C. The number of fused-ring (bicyclic) bond motifs is 1. The van der Waals surface area contributed by atoms with Crippen LogP contribution in [0.4, 0.5) is 0 Å². The second-order valence-electron chi connectivity index (χ2n) is 5.28. The van der Waals surface area contributed by atoms with Crippen LogP contribution in [0.1, 0.15) is 27.2 Å². The van der Waals surface area contributed by atoms with E-state index in [0.29, 0.717) is 24.0 Å². The van der Waals surface area contributed by atoms with E-state index in [0.717, 1.165) is 6.42 Å². The van der Waals surface area contributed by atoms with Gasteiger partial charge in [-0.05, 0) is 31.4 Å². The van der Waals surface area contributed by atoms with Gasteiger partial charge in [0.1, 0.15) is 6.10 Å². The number of hydrogen-bond acceptors (Lipinski definition) is 3.